The lowest BCUT2D eigenvalue weighted by atomic mass is 10.0. The number of nitrogen functional groups attached to an aromatic ring is 1. The predicted octanol–water partition coefficient (Wildman–Crippen LogP) is 5.45. The van der Waals surface area contributed by atoms with E-state index in [-0.39, 0.29) is 5.78 Å². The van der Waals surface area contributed by atoms with Crippen molar-refractivity contribution in [2.24, 2.45) is 0 Å². The molecule has 4 aromatic rings. The van der Waals surface area contributed by atoms with Crippen molar-refractivity contribution in [2.75, 3.05) is 12.8 Å². The Morgan fingerprint density at radius 3 is 2.61 bits per heavy atom. The summed E-state index contributed by atoms with van der Waals surface area (Å²) < 4.78 is 5.25. The van der Waals surface area contributed by atoms with E-state index < -0.39 is 0 Å². The molecule has 2 N–H and O–H groups in total. The quantitative estimate of drug-likeness (QED) is 0.366. The van der Waals surface area contributed by atoms with Crippen LogP contribution in [0, 0.1) is 0 Å². The van der Waals surface area contributed by atoms with Crippen molar-refractivity contribution < 1.29 is 9.53 Å². The van der Waals surface area contributed by atoms with Gasteiger partial charge in [-0.25, -0.2) is 4.98 Å². The second kappa shape index (κ2) is 7.66. The topological polar surface area (TPSA) is 65.2 Å². The maximum absolute atomic E-state index is 12.5. The van der Waals surface area contributed by atoms with E-state index in [2.05, 4.69) is 6.07 Å². The summed E-state index contributed by atoms with van der Waals surface area (Å²) in [5.41, 5.74) is 9.92. The highest BCUT2D eigenvalue weighted by atomic mass is 32.1. The van der Waals surface area contributed by atoms with E-state index in [9.17, 15) is 4.79 Å². The number of hydrogen-bond acceptors (Lipinski definition) is 5. The van der Waals surface area contributed by atoms with Crippen LogP contribution in [0.2, 0.25) is 0 Å². The van der Waals surface area contributed by atoms with Gasteiger partial charge in [0.25, 0.3) is 0 Å². The van der Waals surface area contributed by atoms with Gasteiger partial charge in [-0.2, -0.15) is 0 Å². The number of aromatic nitrogens is 1. The second-order valence-electron chi connectivity index (χ2n) is 6.25. The number of ketones is 1. The fourth-order valence-corrected chi connectivity index (χ4v) is 3.75. The largest absolute Gasteiger partial charge is 0.497 e. The molecular weight excluding hydrogens is 368 g/mol. The molecule has 0 aliphatic rings. The number of para-hydroxylation sites is 1. The van der Waals surface area contributed by atoms with Crippen LogP contribution < -0.4 is 10.5 Å². The van der Waals surface area contributed by atoms with Crippen LogP contribution in [0.3, 0.4) is 0 Å². The highest BCUT2D eigenvalue weighted by molar-refractivity contribution is 7.12. The summed E-state index contributed by atoms with van der Waals surface area (Å²) in [4.78, 5) is 17.8. The Hall–Kier alpha value is -3.44. The van der Waals surface area contributed by atoms with Crippen molar-refractivity contribution in [3.05, 3.63) is 82.7 Å². The van der Waals surface area contributed by atoms with Crippen LogP contribution in [0.5, 0.6) is 5.75 Å². The van der Waals surface area contributed by atoms with Crippen molar-refractivity contribution in [2.45, 2.75) is 0 Å². The van der Waals surface area contributed by atoms with Crippen LogP contribution in [0.25, 0.3) is 28.1 Å². The van der Waals surface area contributed by atoms with E-state index in [4.69, 9.17) is 15.5 Å². The van der Waals surface area contributed by atoms with Crippen LogP contribution in [0.15, 0.2) is 72.1 Å². The first-order chi connectivity index (χ1) is 13.7. The smallest absolute Gasteiger partial charge is 0.197 e. The molecule has 2 aromatic carbocycles. The number of anilines is 1. The summed E-state index contributed by atoms with van der Waals surface area (Å²) in [5, 5.41) is 2.85. The number of allylic oxidation sites excluding steroid dienone is 1. The lowest BCUT2D eigenvalue weighted by Crippen LogP contribution is -1.96. The Balaban J connectivity index is 1.80. The Bertz CT molecular complexity index is 1180. The molecule has 4 nitrogen and oxygen atoms in total. The summed E-state index contributed by atoms with van der Waals surface area (Å²) in [6, 6.07) is 19.6. The number of hydrogen-bond donors (Lipinski definition) is 1. The average Bonchev–Trinajstić information content (AvgIpc) is 3.17. The molecule has 2 heterocycles. The maximum Gasteiger partial charge on any atom is 0.197 e. The van der Waals surface area contributed by atoms with Gasteiger partial charge in [0.2, 0.25) is 0 Å². The molecule has 0 spiro atoms. The number of nitrogens with zero attached hydrogens (tertiary/aromatic N) is 1. The van der Waals surface area contributed by atoms with Gasteiger partial charge in [0, 0.05) is 10.9 Å². The first kappa shape index (κ1) is 17.9. The summed E-state index contributed by atoms with van der Waals surface area (Å²) in [6.07, 6.45) is 3.29. The molecule has 0 aliphatic heterocycles. The molecular formula is C23H18N2O2S. The van der Waals surface area contributed by atoms with Gasteiger partial charge in [0.05, 0.1) is 28.9 Å². The number of methoxy groups -OCH3 is 1. The molecule has 0 atom stereocenters. The Morgan fingerprint density at radius 1 is 1.11 bits per heavy atom. The molecule has 0 bridgehead atoms. The molecule has 138 valence electrons. The number of benzene rings is 2. The monoisotopic (exact) mass is 386 g/mol. The summed E-state index contributed by atoms with van der Waals surface area (Å²) in [6.45, 7) is 0. The summed E-state index contributed by atoms with van der Waals surface area (Å²) >= 11 is 1.34. The number of fused-ring (bicyclic) bond motifs is 1. The van der Waals surface area contributed by atoms with Gasteiger partial charge in [-0.1, -0.05) is 30.3 Å². The molecule has 0 radical (unpaired) electrons. The number of carbonyl (C=O) groups excluding carboxylic acids is 1. The van der Waals surface area contributed by atoms with Gasteiger partial charge in [-0.15, -0.1) is 11.3 Å². The fourth-order valence-electron chi connectivity index (χ4n) is 3.01. The zero-order valence-electron chi connectivity index (χ0n) is 15.3. The minimum Gasteiger partial charge on any atom is -0.497 e. The van der Waals surface area contributed by atoms with Gasteiger partial charge in [-0.05, 0) is 53.4 Å². The van der Waals surface area contributed by atoms with Crippen molar-refractivity contribution in [1.29, 1.82) is 0 Å². The molecule has 0 saturated carbocycles. The molecule has 0 saturated heterocycles. The number of nitrogens with two attached hydrogens (primary N) is 1. The third-order valence-electron chi connectivity index (χ3n) is 4.47. The van der Waals surface area contributed by atoms with Gasteiger partial charge in [-0.3, -0.25) is 4.79 Å². The van der Waals surface area contributed by atoms with Crippen LogP contribution in [-0.4, -0.2) is 17.9 Å². The van der Waals surface area contributed by atoms with Crippen molar-refractivity contribution in [3.8, 4) is 16.9 Å². The lowest BCUT2D eigenvalue weighted by Gasteiger charge is -2.09. The Morgan fingerprint density at radius 2 is 1.89 bits per heavy atom. The van der Waals surface area contributed by atoms with E-state index in [1.807, 2.05) is 53.9 Å². The first-order valence-corrected chi connectivity index (χ1v) is 9.63. The SMILES string of the molecule is COc1ccc(-c2cc3ccccc3nc2/C=C/C(=O)c2sccc2N)cc1. The molecule has 4 rings (SSSR count). The molecule has 28 heavy (non-hydrogen) atoms. The molecule has 0 amide bonds. The lowest BCUT2D eigenvalue weighted by molar-refractivity contribution is 0.105. The highest BCUT2D eigenvalue weighted by Crippen LogP contribution is 2.29. The Labute approximate surface area is 166 Å². The van der Waals surface area contributed by atoms with Crippen molar-refractivity contribution >= 4 is 39.8 Å². The fraction of sp³-hybridized carbons (Fsp3) is 0.0435. The number of ether oxygens (including phenoxy) is 1. The second-order valence-corrected chi connectivity index (χ2v) is 7.16. The number of pyridine rings is 1. The zero-order valence-corrected chi connectivity index (χ0v) is 16.1. The van der Waals surface area contributed by atoms with E-state index in [0.717, 1.165) is 33.5 Å². The molecule has 2 aromatic heterocycles. The van der Waals surface area contributed by atoms with E-state index >= 15 is 0 Å². The van der Waals surface area contributed by atoms with Crippen LogP contribution in [0.1, 0.15) is 15.4 Å². The van der Waals surface area contributed by atoms with Crippen LogP contribution in [-0.2, 0) is 0 Å². The van der Waals surface area contributed by atoms with Crippen LogP contribution >= 0.6 is 11.3 Å². The minimum absolute atomic E-state index is 0.122. The normalized spacial score (nSPS) is 11.2. The zero-order chi connectivity index (χ0) is 19.5. The molecule has 0 fully saturated rings. The maximum atomic E-state index is 12.5. The van der Waals surface area contributed by atoms with Crippen molar-refractivity contribution in [1.82, 2.24) is 4.98 Å². The third-order valence-corrected chi connectivity index (χ3v) is 5.41. The van der Waals surface area contributed by atoms with Gasteiger partial charge >= 0.3 is 0 Å². The van der Waals surface area contributed by atoms with Gasteiger partial charge in [0.1, 0.15) is 5.75 Å². The Kier molecular flexibility index (Phi) is 4.91. The van der Waals surface area contributed by atoms with Gasteiger partial charge in [0.15, 0.2) is 5.78 Å². The first-order valence-electron chi connectivity index (χ1n) is 8.75. The summed E-state index contributed by atoms with van der Waals surface area (Å²) in [5.74, 6) is 0.668. The molecule has 0 aliphatic carbocycles. The van der Waals surface area contributed by atoms with E-state index in [0.29, 0.717) is 10.6 Å². The number of carbonyl (C=O) groups is 1. The molecule has 0 unspecified atom stereocenters. The highest BCUT2D eigenvalue weighted by Gasteiger charge is 2.11. The third kappa shape index (κ3) is 3.52. The van der Waals surface area contributed by atoms with E-state index in [1.165, 1.54) is 17.4 Å². The number of thiophene rings is 1. The molecule has 5 heteroatoms. The summed E-state index contributed by atoms with van der Waals surface area (Å²) in [7, 11) is 1.64. The minimum atomic E-state index is -0.122. The number of rotatable bonds is 5. The van der Waals surface area contributed by atoms with E-state index in [1.54, 1.807) is 19.3 Å². The standard InChI is InChI=1S/C23H18N2O2S/c1-27-17-8-6-15(7-9-17)18-14-16-4-2-3-5-20(16)25-21(18)10-11-22(26)23-19(24)12-13-28-23/h2-14H,24H2,1H3/b11-10+. The van der Waals surface area contributed by atoms with Crippen LogP contribution in [0.4, 0.5) is 5.69 Å². The van der Waals surface area contributed by atoms with Crippen molar-refractivity contribution in [3.63, 3.8) is 0 Å². The van der Waals surface area contributed by atoms with Gasteiger partial charge < -0.3 is 10.5 Å². The average molecular weight is 386 g/mol. The predicted molar refractivity (Wildman–Crippen MR) is 116 cm³/mol.